The van der Waals surface area contributed by atoms with Gasteiger partial charge in [-0.25, -0.2) is 4.79 Å². The Bertz CT molecular complexity index is 1100. The lowest BCUT2D eigenvalue weighted by Crippen LogP contribution is -2.40. The molecule has 9 heteroatoms. The largest absolute Gasteiger partial charge is 0.493 e. The number of aromatic nitrogens is 2. The summed E-state index contributed by atoms with van der Waals surface area (Å²) >= 11 is 0. The first-order valence-electron chi connectivity index (χ1n) is 9.05. The van der Waals surface area contributed by atoms with Gasteiger partial charge in [0.15, 0.2) is 11.5 Å². The maximum absolute atomic E-state index is 12.9. The summed E-state index contributed by atoms with van der Waals surface area (Å²) in [6.07, 6.45) is 2.25. The first-order chi connectivity index (χ1) is 13.9. The molecular weight excluding hydrogens is 378 g/mol. The summed E-state index contributed by atoms with van der Waals surface area (Å²) in [5, 5.41) is 2.95. The van der Waals surface area contributed by atoms with Crippen LogP contribution in [0, 0.1) is 0 Å². The molecule has 1 aliphatic heterocycles. The molecule has 0 aliphatic carbocycles. The molecular formula is C20H23N3O6. The molecule has 1 aromatic carbocycles. The second-order valence-corrected chi connectivity index (χ2v) is 6.49. The fourth-order valence-electron chi connectivity index (χ4n) is 3.31. The second kappa shape index (κ2) is 7.86. The Morgan fingerprint density at radius 2 is 1.66 bits per heavy atom. The molecule has 0 spiro atoms. The van der Waals surface area contributed by atoms with Crippen LogP contribution in [0.4, 0.5) is 5.82 Å². The zero-order valence-electron chi connectivity index (χ0n) is 17.0. The Morgan fingerprint density at radius 1 is 1.03 bits per heavy atom. The molecule has 3 rings (SSSR count). The van der Waals surface area contributed by atoms with Crippen LogP contribution in [0.5, 0.6) is 17.2 Å². The Balaban J connectivity index is 2.15. The van der Waals surface area contributed by atoms with E-state index in [-0.39, 0.29) is 17.1 Å². The average Bonchev–Trinajstić information content (AvgIpc) is 3.04. The molecule has 1 aromatic heterocycles. The highest BCUT2D eigenvalue weighted by atomic mass is 16.5. The van der Waals surface area contributed by atoms with Crippen molar-refractivity contribution in [1.29, 1.82) is 0 Å². The second-order valence-electron chi connectivity index (χ2n) is 6.49. The van der Waals surface area contributed by atoms with Crippen molar-refractivity contribution in [3.63, 3.8) is 0 Å². The molecule has 0 saturated carbocycles. The number of benzene rings is 1. The minimum Gasteiger partial charge on any atom is -0.493 e. The first-order valence-corrected chi connectivity index (χ1v) is 9.05. The van der Waals surface area contributed by atoms with Crippen molar-refractivity contribution in [1.82, 2.24) is 9.13 Å². The van der Waals surface area contributed by atoms with Crippen LogP contribution >= 0.6 is 0 Å². The molecule has 2 heterocycles. The summed E-state index contributed by atoms with van der Waals surface area (Å²) in [5.74, 6) is 1.04. The highest BCUT2D eigenvalue weighted by molar-refractivity contribution is 6.19. The summed E-state index contributed by atoms with van der Waals surface area (Å²) in [6, 6.07) is 3.37. The van der Waals surface area contributed by atoms with Gasteiger partial charge in [0.1, 0.15) is 11.4 Å². The van der Waals surface area contributed by atoms with Crippen LogP contribution in [0.3, 0.4) is 0 Å². The highest BCUT2D eigenvalue weighted by Gasteiger charge is 2.32. The van der Waals surface area contributed by atoms with Gasteiger partial charge in [-0.15, -0.1) is 0 Å². The van der Waals surface area contributed by atoms with E-state index in [9.17, 15) is 14.4 Å². The molecule has 1 aliphatic rings. The zero-order valence-corrected chi connectivity index (χ0v) is 17.0. The molecule has 9 nitrogen and oxygen atoms in total. The number of nitrogens with zero attached hydrogens (tertiary/aromatic N) is 2. The van der Waals surface area contributed by atoms with Gasteiger partial charge in [-0.2, -0.15) is 0 Å². The Hall–Kier alpha value is -3.49. The van der Waals surface area contributed by atoms with E-state index in [1.165, 1.54) is 32.9 Å². The number of anilines is 1. The molecule has 0 bridgehead atoms. The predicted molar refractivity (Wildman–Crippen MR) is 108 cm³/mol. The van der Waals surface area contributed by atoms with Crippen LogP contribution in [-0.4, -0.2) is 36.2 Å². The molecule has 0 fully saturated rings. The van der Waals surface area contributed by atoms with Gasteiger partial charge < -0.3 is 19.5 Å². The van der Waals surface area contributed by atoms with E-state index < -0.39 is 17.0 Å². The minimum absolute atomic E-state index is 0.0424. The highest BCUT2D eigenvalue weighted by Crippen LogP contribution is 2.39. The van der Waals surface area contributed by atoms with E-state index >= 15 is 0 Å². The molecule has 154 valence electrons. The lowest BCUT2D eigenvalue weighted by atomic mass is 10.1. The third-order valence-corrected chi connectivity index (χ3v) is 4.71. The van der Waals surface area contributed by atoms with Crippen molar-refractivity contribution in [3.05, 3.63) is 49.8 Å². The third-order valence-electron chi connectivity index (χ3n) is 4.71. The van der Waals surface area contributed by atoms with Gasteiger partial charge in [0, 0.05) is 13.6 Å². The van der Waals surface area contributed by atoms with E-state index in [0.29, 0.717) is 35.8 Å². The molecule has 0 radical (unpaired) electrons. The number of hydrogen-bond acceptors (Lipinski definition) is 7. The lowest BCUT2D eigenvalue weighted by molar-refractivity contribution is 0.104. The molecule has 0 atom stereocenters. The van der Waals surface area contributed by atoms with Crippen molar-refractivity contribution < 1.29 is 19.0 Å². The Morgan fingerprint density at radius 3 is 2.17 bits per heavy atom. The van der Waals surface area contributed by atoms with Gasteiger partial charge >= 0.3 is 5.69 Å². The van der Waals surface area contributed by atoms with Crippen molar-refractivity contribution >= 4 is 17.7 Å². The van der Waals surface area contributed by atoms with E-state index in [2.05, 4.69) is 5.32 Å². The van der Waals surface area contributed by atoms with Crippen LogP contribution < -0.4 is 30.8 Å². The number of hydrogen-bond donors (Lipinski definition) is 1. The van der Waals surface area contributed by atoms with Gasteiger partial charge in [-0.1, -0.05) is 6.92 Å². The number of rotatable bonds is 6. The minimum atomic E-state index is -0.622. The van der Waals surface area contributed by atoms with Crippen LogP contribution in [0.15, 0.2) is 27.4 Å². The summed E-state index contributed by atoms with van der Waals surface area (Å²) in [7, 11) is 5.86. The Labute approximate surface area is 167 Å². The van der Waals surface area contributed by atoms with Crippen molar-refractivity contribution in [2.24, 2.45) is 7.05 Å². The molecule has 0 amide bonds. The average molecular weight is 401 g/mol. The van der Waals surface area contributed by atoms with E-state index in [4.69, 9.17) is 14.2 Å². The van der Waals surface area contributed by atoms with E-state index in [0.717, 1.165) is 4.57 Å². The SMILES string of the molecule is CCCn1c2c(c(=O)n(C)c1=O)C(=O)/C(=C/c1cc(OC)c(OC)c(OC)c1)N2. The van der Waals surface area contributed by atoms with Gasteiger partial charge in [0.05, 0.1) is 27.0 Å². The van der Waals surface area contributed by atoms with E-state index in [1.807, 2.05) is 6.92 Å². The quantitative estimate of drug-likeness (QED) is 0.734. The zero-order chi connectivity index (χ0) is 21.3. The monoisotopic (exact) mass is 401 g/mol. The van der Waals surface area contributed by atoms with Crippen molar-refractivity contribution in [3.8, 4) is 17.2 Å². The third kappa shape index (κ3) is 3.28. The number of ketones is 1. The fraction of sp³-hybridized carbons (Fsp3) is 0.350. The maximum atomic E-state index is 12.9. The first kappa shape index (κ1) is 20.2. The van der Waals surface area contributed by atoms with Crippen LogP contribution in [0.25, 0.3) is 6.08 Å². The standard InChI is InChI=1S/C20H23N3O6/c1-6-7-23-18-15(19(25)22(2)20(23)26)16(24)12(21-18)8-11-9-13(27-3)17(29-5)14(10-11)28-4/h8-10,21H,6-7H2,1-5H3/b12-8-. The molecule has 1 N–H and O–H groups in total. The summed E-state index contributed by atoms with van der Waals surface area (Å²) < 4.78 is 18.3. The number of ether oxygens (including phenoxy) is 3. The molecule has 2 aromatic rings. The molecule has 0 unspecified atom stereocenters. The predicted octanol–water partition coefficient (Wildman–Crippen LogP) is 1.63. The van der Waals surface area contributed by atoms with E-state index in [1.54, 1.807) is 18.2 Å². The van der Waals surface area contributed by atoms with Crippen LogP contribution in [0.1, 0.15) is 29.3 Å². The van der Waals surface area contributed by atoms with Gasteiger partial charge in [0.25, 0.3) is 5.56 Å². The summed E-state index contributed by atoms with van der Waals surface area (Å²) in [6.45, 7) is 2.29. The summed E-state index contributed by atoms with van der Waals surface area (Å²) in [4.78, 5) is 37.9. The fourth-order valence-corrected chi connectivity index (χ4v) is 3.31. The van der Waals surface area contributed by atoms with Gasteiger partial charge in [-0.05, 0) is 30.2 Å². The lowest BCUT2D eigenvalue weighted by Gasteiger charge is -2.13. The van der Waals surface area contributed by atoms with Gasteiger partial charge in [-0.3, -0.25) is 18.7 Å². The number of fused-ring (bicyclic) bond motifs is 1. The normalized spacial score (nSPS) is 14.0. The number of carbonyl (C=O) groups excluding carboxylic acids is 1. The molecule has 0 saturated heterocycles. The molecule has 29 heavy (non-hydrogen) atoms. The number of carbonyl (C=O) groups is 1. The number of nitrogens with one attached hydrogen (secondary N) is 1. The van der Waals surface area contributed by atoms with Crippen molar-refractivity contribution in [2.75, 3.05) is 26.6 Å². The van der Waals surface area contributed by atoms with Crippen LogP contribution in [-0.2, 0) is 13.6 Å². The topological polar surface area (TPSA) is 101 Å². The smallest absolute Gasteiger partial charge is 0.332 e. The van der Waals surface area contributed by atoms with Gasteiger partial charge in [0.2, 0.25) is 11.5 Å². The number of methoxy groups -OCH3 is 3. The maximum Gasteiger partial charge on any atom is 0.332 e. The van der Waals surface area contributed by atoms with Crippen molar-refractivity contribution in [2.45, 2.75) is 19.9 Å². The number of Topliss-reactive ketones (excluding diaryl/α,β-unsaturated/α-hetero) is 1. The van der Waals surface area contributed by atoms with Crippen LogP contribution in [0.2, 0.25) is 0 Å². The Kier molecular flexibility index (Phi) is 5.49. The number of allylic oxidation sites excluding steroid dienone is 1. The summed E-state index contributed by atoms with van der Waals surface area (Å²) in [5.41, 5.74) is -0.349.